The number of nitrogens with one attached hydrogen (secondary N) is 1. The first-order valence-corrected chi connectivity index (χ1v) is 7.56. The molecular weight excluding hydrogens is 331 g/mol. The number of carbonyl (C=O) groups is 3. The van der Waals surface area contributed by atoms with Crippen molar-refractivity contribution < 1.29 is 23.5 Å². The van der Waals surface area contributed by atoms with E-state index in [0.717, 1.165) is 4.90 Å². The Balaban J connectivity index is 1.74. The van der Waals surface area contributed by atoms with Gasteiger partial charge < -0.3 is 10.1 Å². The van der Waals surface area contributed by atoms with E-state index in [1.165, 1.54) is 48.3 Å². The van der Waals surface area contributed by atoms with Crippen molar-refractivity contribution in [3.8, 4) is 5.69 Å². The molecule has 3 amide bonds. The van der Waals surface area contributed by atoms with Gasteiger partial charge >= 0.3 is 12.0 Å². The number of rotatable bonds is 4. The monoisotopic (exact) mass is 346 g/mol. The number of halogens is 1. The van der Waals surface area contributed by atoms with E-state index < -0.39 is 29.8 Å². The fourth-order valence-corrected chi connectivity index (χ4v) is 2.43. The Morgan fingerprint density at radius 1 is 1.32 bits per heavy atom. The molecule has 1 atom stereocenters. The van der Waals surface area contributed by atoms with Gasteiger partial charge in [0.15, 0.2) is 11.8 Å². The van der Waals surface area contributed by atoms with E-state index in [-0.39, 0.29) is 12.2 Å². The molecule has 1 saturated heterocycles. The van der Waals surface area contributed by atoms with Crippen LogP contribution >= 0.6 is 0 Å². The van der Waals surface area contributed by atoms with Gasteiger partial charge in [0.1, 0.15) is 5.82 Å². The number of urea groups is 1. The molecule has 9 heteroatoms. The minimum Gasteiger partial charge on any atom is -0.448 e. The standard InChI is InChI=1S/C16H15FN4O4/c1-10(14(22)20-7-6-19-16(20)24)25-15(23)13-8-18-9-21(13)12-4-2-11(17)3-5-12/h2-5,8-10H,6-7H2,1H3,(H,19,24)/t10-/m1/s1. The van der Waals surface area contributed by atoms with Crippen LogP contribution < -0.4 is 5.32 Å². The molecule has 1 fully saturated rings. The third-order valence-corrected chi connectivity index (χ3v) is 3.71. The van der Waals surface area contributed by atoms with Crippen molar-refractivity contribution in [2.75, 3.05) is 13.1 Å². The van der Waals surface area contributed by atoms with Gasteiger partial charge in [-0.2, -0.15) is 0 Å². The van der Waals surface area contributed by atoms with Crippen molar-refractivity contribution >= 4 is 17.9 Å². The normalized spacial score (nSPS) is 15.0. The highest BCUT2D eigenvalue weighted by atomic mass is 19.1. The van der Waals surface area contributed by atoms with Crippen molar-refractivity contribution in [3.63, 3.8) is 0 Å². The Bertz CT molecular complexity index is 818. The number of amides is 3. The third-order valence-electron chi connectivity index (χ3n) is 3.71. The van der Waals surface area contributed by atoms with E-state index in [1.54, 1.807) is 0 Å². The number of imidazole rings is 1. The fraction of sp³-hybridized carbons (Fsp3) is 0.250. The molecular formula is C16H15FN4O4. The minimum atomic E-state index is -1.13. The Kier molecular flexibility index (Phi) is 4.46. The molecule has 2 aromatic rings. The predicted octanol–water partition coefficient (Wildman–Crippen LogP) is 1.11. The number of hydrogen-bond donors (Lipinski definition) is 1. The number of aromatic nitrogens is 2. The molecule has 1 aliphatic heterocycles. The number of nitrogens with zero attached hydrogens (tertiary/aromatic N) is 3. The first-order chi connectivity index (χ1) is 12.0. The van der Waals surface area contributed by atoms with E-state index in [0.29, 0.717) is 12.2 Å². The number of esters is 1. The minimum absolute atomic E-state index is 0.0807. The topological polar surface area (TPSA) is 93.5 Å². The molecule has 8 nitrogen and oxygen atoms in total. The Morgan fingerprint density at radius 2 is 2.04 bits per heavy atom. The zero-order valence-corrected chi connectivity index (χ0v) is 13.3. The second-order valence-electron chi connectivity index (χ2n) is 5.39. The summed E-state index contributed by atoms with van der Waals surface area (Å²) in [5.74, 6) is -1.78. The van der Waals surface area contributed by atoms with Crippen LogP contribution in [0.4, 0.5) is 9.18 Å². The zero-order chi connectivity index (χ0) is 18.0. The second-order valence-corrected chi connectivity index (χ2v) is 5.39. The first-order valence-electron chi connectivity index (χ1n) is 7.56. The van der Waals surface area contributed by atoms with Crippen LogP contribution in [0, 0.1) is 5.82 Å². The lowest BCUT2D eigenvalue weighted by Crippen LogP contribution is -2.41. The van der Waals surface area contributed by atoms with Crippen molar-refractivity contribution in [1.82, 2.24) is 19.8 Å². The zero-order valence-electron chi connectivity index (χ0n) is 13.3. The molecule has 0 unspecified atom stereocenters. The summed E-state index contributed by atoms with van der Waals surface area (Å²) in [5, 5.41) is 2.50. The Labute approximate surface area is 142 Å². The molecule has 0 radical (unpaired) electrons. The fourth-order valence-electron chi connectivity index (χ4n) is 2.43. The molecule has 2 heterocycles. The van der Waals surface area contributed by atoms with Crippen LogP contribution in [0.15, 0.2) is 36.8 Å². The SMILES string of the molecule is C[C@@H](OC(=O)c1cncn1-c1ccc(F)cc1)C(=O)N1CCNC1=O. The van der Waals surface area contributed by atoms with E-state index in [9.17, 15) is 18.8 Å². The number of carbonyl (C=O) groups excluding carboxylic acids is 3. The van der Waals surface area contributed by atoms with Gasteiger partial charge in [-0.3, -0.25) is 14.3 Å². The van der Waals surface area contributed by atoms with Crippen LogP contribution in [0.5, 0.6) is 0 Å². The van der Waals surface area contributed by atoms with Crippen molar-refractivity contribution in [3.05, 3.63) is 48.3 Å². The number of ether oxygens (including phenoxy) is 1. The van der Waals surface area contributed by atoms with Gasteiger partial charge in [0.05, 0.1) is 12.5 Å². The quantitative estimate of drug-likeness (QED) is 0.837. The van der Waals surface area contributed by atoms with Crippen molar-refractivity contribution in [1.29, 1.82) is 0 Å². The van der Waals surface area contributed by atoms with E-state index in [1.807, 2.05) is 0 Å². The second kappa shape index (κ2) is 6.71. The molecule has 130 valence electrons. The van der Waals surface area contributed by atoms with Crippen molar-refractivity contribution in [2.24, 2.45) is 0 Å². The van der Waals surface area contributed by atoms with Crippen LogP contribution in [0.1, 0.15) is 17.4 Å². The molecule has 1 aromatic heterocycles. The highest BCUT2D eigenvalue weighted by Crippen LogP contribution is 2.14. The molecule has 0 spiro atoms. The number of hydrogen-bond acceptors (Lipinski definition) is 5. The maximum atomic E-state index is 13.0. The van der Waals surface area contributed by atoms with Crippen LogP contribution in [0.3, 0.4) is 0 Å². The van der Waals surface area contributed by atoms with Gasteiger partial charge in [-0.05, 0) is 31.2 Å². The lowest BCUT2D eigenvalue weighted by molar-refractivity contribution is -0.136. The lowest BCUT2D eigenvalue weighted by atomic mass is 10.3. The highest BCUT2D eigenvalue weighted by molar-refractivity contribution is 5.99. The number of benzene rings is 1. The maximum Gasteiger partial charge on any atom is 0.357 e. The summed E-state index contributed by atoms with van der Waals surface area (Å²) in [6.07, 6.45) is 1.53. The predicted molar refractivity (Wildman–Crippen MR) is 83.5 cm³/mol. The lowest BCUT2D eigenvalue weighted by Gasteiger charge is -2.18. The summed E-state index contributed by atoms with van der Waals surface area (Å²) in [6, 6.07) is 4.96. The van der Waals surface area contributed by atoms with Gasteiger partial charge in [-0.1, -0.05) is 0 Å². The maximum absolute atomic E-state index is 13.0. The summed E-state index contributed by atoms with van der Waals surface area (Å²) in [4.78, 5) is 40.9. The Hall–Kier alpha value is -3.23. The molecule has 0 saturated carbocycles. The summed E-state index contributed by atoms with van der Waals surface area (Å²) in [7, 11) is 0. The van der Waals surface area contributed by atoms with Crippen LogP contribution in [0.25, 0.3) is 5.69 Å². The summed E-state index contributed by atoms with van der Waals surface area (Å²) < 4.78 is 19.6. The van der Waals surface area contributed by atoms with Gasteiger partial charge in [-0.25, -0.2) is 19.0 Å². The summed E-state index contributed by atoms with van der Waals surface area (Å²) >= 11 is 0. The van der Waals surface area contributed by atoms with Crippen LogP contribution in [-0.4, -0.2) is 51.6 Å². The average Bonchev–Trinajstić information content (AvgIpc) is 3.23. The van der Waals surface area contributed by atoms with E-state index in [4.69, 9.17) is 4.74 Å². The smallest absolute Gasteiger partial charge is 0.357 e. The van der Waals surface area contributed by atoms with Gasteiger partial charge in [-0.15, -0.1) is 0 Å². The first kappa shape index (κ1) is 16.6. The molecule has 3 rings (SSSR count). The average molecular weight is 346 g/mol. The van der Waals surface area contributed by atoms with E-state index in [2.05, 4.69) is 10.3 Å². The van der Waals surface area contributed by atoms with Gasteiger partial charge in [0.2, 0.25) is 0 Å². The molecule has 1 aliphatic rings. The van der Waals surface area contributed by atoms with E-state index >= 15 is 0 Å². The molecule has 1 aromatic carbocycles. The van der Waals surface area contributed by atoms with Gasteiger partial charge in [0, 0.05) is 18.8 Å². The molecule has 0 aliphatic carbocycles. The van der Waals surface area contributed by atoms with Crippen LogP contribution in [0.2, 0.25) is 0 Å². The molecule has 25 heavy (non-hydrogen) atoms. The van der Waals surface area contributed by atoms with Gasteiger partial charge in [0.25, 0.3) is 5.91 Å². The third kappa shape index (κ3) is 3.35. The number of imide groups is 1. The summed E-state index contributed by atoms with van der Waals surface area (Å²) in [6.45, 7) is 1.99. The summed E-state index contributed by atoms with van der Waals surface area (Å²) in [5.41, 5.74) is 0.598. The largest absolute Gasteiger partial charge is 0.448 e. The molecule has 1 N–H and O–H groups in total. The Morgan fingerprint density at radius 3 is 2.68 bits per heavy atom. The van der Waals surface area contributed by atoms with Crippen molar-refractivity contribution in [2.45, 2.75) is 13.0 Å². The highest BCUT2D eigenvalue weighted by Gasteiger charge is 2.32. The molecule has 0 bridgehead atoms. The van der Waals surface area contributed by atoms with Crippen LogP contribution in [-0.2, 0) is 9.53 Å².